The number of rotatable bonds is 0. The maximum absolute atomic E-state index is 10.7. The molecule has 2 atom stereocenters. The van der Waals surface area contributed by atoms with Gasteiger partial charge in [-0.1, -0.05) is 6.92 Å². The number of aliphatic hydroxyl groups excluding tert-OH is 1. The third-order valence-corrected chi connectivity index (χ3v) is 1.74. The van der Waals surface area contributed by atoms with Crippen LogP contribution in [0.25, 0.3) is 0 Å². The number of carbonyl (C=O) groups excluding carboxylic acids is 2. The highest BCUT2D eigenvalue weighted by Gasteiger charge is 2.31. The van der Waals surface area contributed by atoms with Crippen LogP contribution in [0.3, 0.4) is 0 Å². The maximum atomic E-state index is 10.7. The molecule has 0 bridgehead atoms. The van der Waals surface area contributed by atoms with Crippen molar-refractivity contribution in [2.24, 2.45) is 5.92 Å². The standard InChI is InChI=1S/C7H10O3/c1-4-2-5(8)7(10)6(9)3-4/h4-5,8H,2-3H2,1H3. The predicted molar refractivity (Wildman–Crippen MR) is 34.4 cm³/mol. The first-order valence-corrected chi connectivity index (χ1v) is 3.36. The SMILES string of the molecule is CC1CC(=O)C(=O)C(O)C1. The molecule has 2 unspecified atom stereocenters. The lowest BCUT2D eigenvalue weighted by atomic mass is 9.87. The molecule has 0 aromatic rings. The molecule has 1 fully saturated rings. The van der Waals surface area contributed by atoms with Crippen LogP contribution in [0.4, 0.5) is 0 Å². The summed E-state index contributed by atoms with van der Waals surface area (Å²) in [4.78, 5) is 21.4. The third kappa shape index (κ3) is 1.24. The zero-order chi connectivity index (χ0) is 7.72. The molecule has 3 heteroatoms. The van der Waals surface area contributed by atoms with Gasteiger partial charge in [0, 0.05) is 6.42 Å². The average Bonchev–Trinajstić information content (AvgIpc) is 1.82. The molecule has 56 valence electrons. The van der Waals surface area contributed by atoms with Gasteiger partial charge in [-0.05, 0) is 12.3 Å². The molecular formula is C7H10O3. The normalized spacial score (nSPS) is 34.6. The second-order valence-electron chi connectivity index (χ2n) is 2.85. The molecule has 0 amide bonds. The van der Waals surface area contributed by atoms with Gasteiger partial charge < -0.3 is 5.11 Å². The Kier molecular flexibility index (Phi) is 1.85. The van der Waals surface area contributed by atoms with E-state index in [1.165, 1.54) is 0 Å². The molecule has 0 aliphatic heterocycles. The Morgan fingerprint density at radius 3 is 2.60 bits per heavy atom. The number of hydrogen-bond donors (Lipinski definition) is 1. The van der Waals surface area contributed by atoms with Gasteiger partial charge in [-0.25, -0.2) is 0 Å². The van der Waals surface area contributed by atoms with E-state index in [4.69, 9.17) is 5.11 Å². The first kappa shape index (κ1) is 7.41. The van der Waals surface area contributed by atoms with Crippen molar-refractivity contribution >= 4 is 11.6 Å². The van der Waals surface area contributed by atoms with Crippen LogP contribution in [0.5, 0.6) is 0 Å². The second-order valence-corrected chi connectivity index (χ2v) is 2.85. The Balaban J connectivity index is 2.66. The summed E-state index contributed by atoms with van der Waals surface area (Å²) in [5.41, 5.74) is 0. The highest BCUT2D eigenvalue weighted by molar-refractivity contribution is 6.39. The van der Waals surface area contributed by atoms with Crippen molar-refractivity contribution in [1.29, 1.82) is 0 Å². The number of ketones is 2. The summed E-state index contributed by atoms with van der Waals surface area (Å²) in [6.07, 6.45) is -0.295. The van der Waals surface area contributed by atoms with Gasteiger partial charge in [-0.2, -0.15) is 0 Å². The first-order valence-electron chi connectivity index (χ1n) is 3.36. The Morgan fingerprint density at radius 1 is 1.50 bits per heavy atom. The number of carbonyl (C=O) groups is 2. The number of hydrogen-bond acceptors (Lipinski definition) is 3. The molecule has 0 aromatic carbocycles. The Morgan fingerprint density at radius 2 is 2.10 bits per heavy atom. The lowest BCUT2D eigenvalue weighted by Crippen LogP contribution is -2.36. The van der Waals surface area contributed by atoms with Gasteiger partial charge in [0.1, 0.15) is 6.10 Å². The van der Waals surface area contributed by atoms with E-state index in [-0.39, 0.29) is 5.92 Å². The van der Waals surface area contributed by atoms with E-state index in [1.807, 2.05) is 6.92 Å². The maximum Gasteiger partial charge on any atom is 0.226 e. The topological polar surface area (TPSA) is 54.4 Å². The van der Waals surface area contributed by atoms with Crippen LogP contribution in [0.2, 0.25) is 0 Å². The van der Waals surface area contributed by atoms with Gasteiger partial charge in [-0.3, -0.25) is 9.59 Å². The van der Waals surface area contributed by atoms with Crippen molar-refractivity contribution < 1.29 is 14.7 Å². The van der Waals surface area contributed by atoms with E-state index in [1.54, 1.807) is 0 Å². The van der Waals surface area contributed by atoms with Gasteiger partial charge in [0.05, 0.1) is 0 Å². The van der Waals surface area contributed by atoms with Crippen LogP contribution in [-0.2, 0) is 9.59 Å². The van der Waals surface area contributed by atoms with Crippen LogP contribution >= 0.6 is 0 Å². The van der Waals surface area contributed by atoms with E-state index in [0.717, 1.165) is 0 Å². The molecule has 10 heavy (non-hydrogen) atoms. The minimum absolute atomic E-state index is 0.153. The summed E-state index contributed by atoms with van der Waals surface area (Å²) >= 11 is 0. The predicted octanol–water partition coefficient (Wildman–Crippen LogP) is -0.0846. The van der Waals surface area contributed by atoms with Crippen molar-refractivity contribution in [2.75, 3.05) is 0 Å². The fourth-order valence-electron chi connectivity index (χ4n) is 1.17. The summed E-state index contributed by atoms with van der Waals surface area (Å²) in [5.74, 6) is -0.885. The minimum atomic E-state index is -1.03. The Hall–Kier alpha value is -0.700. The van der Waals surface area contributed by atoms with E-state index in [2.05, 4.69) is 0 Å². The summed E-state index contributed by atoms with van der Waals surface area (Å²) in [6, 6.07) is 0. The van der Waals surface area contributed by atoms with Crippen molar-refractivity contribution in [3.05, 3.63) is 0 Å². The molecule has 1 aliphatic carbocycles. The van der Waals surface area contributed by atoms with Gasteiger partial charge in [-0.15, -0.1) is 0 Å². The van der Waals surface area contributed by atoms with Gasteiger partial charge in [0.25, 0.3) is 0 Å². The van der Waals surface area contributed by atoms with E-state index in [0.29, 0.717) is 12.8 Å². The molecule has 1 rings (SSSR count). The summed E-state index contributed by atoms with van der Waals surface area (Å²) in [7, 11) is 0. The zero-order valence-electron chi connectivity index (χ0n) is 5.83. The summed E-state index contributed by atoms with van der Waals surface area (Å²) < 4.78 is 0. The first-order chi connectivity index (χ1) is 4.61. The third-order valence-electron chi connectivity index (χ3n) is 1.74. The quantitative estimate of drug-likeness (QED) is 0.481. The van der Waals surface area contributed by atoms with Crippen LogP contribution in [0.15, 0.2) is 0 Å². The molecule has 0 aromatic heterocycles. The molecule has 0 spiro atoms. The fourth-order valence-corrected chi connectivity index (χ4v) is 1.17. The zero-order valence-corrected chi connectivity index (χ0v) is 5.83. The molecule has 0 saturated heterocycles. The highest BCUT2D eigenvalue weighted by Crippen LogP contribution is 2.18. The minimum Gasteiger partial charge on any atom is -0.385 e. The van der Waals surface area contributed by atoms with Crippen molar-refractivity contribution in [3.63, 3.8) is 0 Å². The van der Waals surface area contributed by atoms with E-state index in [9.17, 15) is 9.59 Å². The van der Waals surface area contributed by atoms with Crippen LogP contribution < -0.4 is 0 Å². The molecule has 1 aliphatic rings. The number of aliphatic hydroxyl groups is 1. The van der Waals surface area contributed by atoms with Crippen LogP contribution in [0.1, 0.15) is 19.8 Å². The molecule has 0 heterocycles. The molecule has 1 saturated carbocycles. The number of Topliss-reactive ketones (excluding diaryl/α,β-unsaturated/α-hetero) is 2. The van der Waals surface area contributed by atoms with Gasteiger partial charge >= 0.3 is 0 Å². The Labute approximate surface area is 59.0 Å². The average molecular weight is 142 g/mol. The molecular weight excluding hydrogens is 132 g/mol. The van der Waals surface area contributed by atoms with E-state index >= 15 is 0 Å². The van der Waals surface area contributed by atoms with Crippen molar-refractivity contribution in [1.82, 2.24) is 0 Å². The van der Waals surface area contributed by atoms with Crippen molar-refractivity contribution in [2.45, 2.75) is 25.9 Å². The fraction of sp³-hybridized carbons (Fsp3) is 0.714. The second kappa shape index (κ2) is 2.50. The summed E-state index contributed by atoms with van der Waals surface area (Å²) in [5, 5.41) is 8.95. The smallest absolute Gasteiger partial charge is 0.226 e. The molecule has 1 N–H and O–H groups in total. The largest absolute Gasteiger partial charge is 0.385 e. The van der Waals surface area contributed by atoms with Crippen LogP contribution in [0, 0.1) is 5.92 Å². The lowest BCUT2D eigenvalue weighted by molar-refractivity contribution is -0.145. The van der Waals surface area contributed by atoms with Gasteiger partial charge in [0.2, 0.25) is 11.6 Å². The lowest BCUT2D eigenvalue weighted by Gasteiger charge is -2.19. The summed E-state index contributed by atoms with van der Waals surface area (Å²) in [6.45, 7) is 1.85. The monoisotopic (exact) mass is 142 g/mol. The Bertz CT molecular complexity index is 174. The highest BCUT2D eigenvalue weighted by atomic mass is 16.3. The van der Waals surface area contributed by atoms with Crippen molar-refractivity contribution in [3.8, 4) is 0 Å². The van der Waals surface area contributed by atoms with E-state index < -0.39 is 17.7 Å². The van der Waals surface area contributed by atoms with Crippen LogP contribution in [-0.4, -0.2) is 22.8 Å². The molecule has 3 nitrogen and oxygen atoms in total. The van der Waals surface area contributed by atoms with Gasteiger partial charge in [0.15, 0.2) is 0 Å². The molecule has 0 radical (unpaired) electrons.